The van der Waals surface area contributed by atoms with Gasteiger partial charge in [0.2, 0.25) is 0 Å². The summed E-state index contributed by atoms with van der Waals surface area (Å²) in [5, 5.41) is 3.04. The van der Waals surface area contributed by atoms with E-state index in [1.54, 1.807) is 6.21 Å². The first kappa shape index (κ1) is 4.37. The second-order valence-electron chi connectivity index (χ2n) is 1.37. The van der Waals surface area contributed by atoms with Crippen LogP contribution in [0.1, 0.15) is 0 Å². The van der Waals surface area contributed by atoms with E-state index in [-0.39, 0.29) is 0 Å². The number of aliphatic imine (C=N–C) groups is 1. The molecule has 2 nitrogen and oxygen atoms in total. The molecule has 38 valence electrons. The van der Waals surface area contributed by atoms with Gasteiger partial charge in [-0.3, -0.25) is 4.99 Å². The minimum absolute atomic E-state index is 0.896. The van der Waals surface area contributed by atoms with E-state index in [0.29, 0.717) is 0 Å². The van der Waals surface area contributed by atoms with Gasteiger partial charge in [0.25, 0.3) is 0 Å². The Hall–Kier alpha value is -0.790. The largest absolute Gasteiger partial charge is 0.389 e. The number of nitrogens with one attached hydrogen (secondary N) is 1. The summed E-state index contributed by atoms with van der Waals surface area (Å²) in [5.74, 6) is 0. The normalized spacial score (nSPS) is 18.3. The van der Waals surface area contributed by atoms with Crippen LogP contribution in [0, 0.1) is 0 Å². The molecule has 1 aliphatic rings. The fourth-order valence-electron chi connectivity index (χ4n) is 0.459. The Morgan fingerprint density at radius 2 is 2.57 bits per heavy atom. The molecule has 0 spiro atoms. The maximum atomic E-state index is 4.00. The Bertz CT molecular complexity index is 82.3. The zero-order valence-electron chi connectivity index (χ0n) is 4.09. The Morgan fingerprint density at radius 1 is 1.57 bits per heavy atom. The highest BCUT2D eigenvalue weighted by Crippen LogP contribution is 1.73. The molecule has 1 N–H and O–H groups in total. The highest BCUT2D eigenvalue weighted by Gasteiger charge is 1.78. The zero-order valence-corrected chi connectivity index (χ0v) is 4.09. The topological polar surface area (TPSA) is 24.4 Å². The maximum absolute atomic E-state index is 4.00. The monoisotopic (exact) mass is 96.1 g/mol. The van der Waals surface area contributed by atoms with Crippen LogP contribution < -0.4 is 5.32 Å². The molecule has 0 unspecified atom stereocenters. The Morgan fingerprint density at radius 3 is 3.57 bits per heavy atom. The molecule has 2 heteroatoms. The lowest BCUT2D eigenvalue weighted by atomic mass is 10.6. The number of hydrogen-bond donors (Lipinski definition) is 1. The first-order valence-corrected chi connectivity index (χ1v) is 2.38. The summed E-state index contributed by atoms with van der Waals surface area (Å²) < 4.78 is 0. The lowest BCUT2D eigenvalue weighted by Gasteiger charge is -1.88. The standard InChI is InChI=1S/C5H8N2/c1-2-6-4-5-7-3-1/h1-3,6H,4-5H2. The van der Waals surface area contributed by atoms with Gasteiger partial charge in [-0.1, -0.05) is 0 Å². The quantitative estimate of drug-likeness (QED) is 0.457. The lowest BCUT2D eigenvalue weighted by Crippen LogP contribution is -2.07. The number of rotatable bonds is 0. The highest BCUT2D eigenvalue weighted by molar-refractivity contribution is 5.71. The highest BCUT2D eigenvalue weighted by atomic mass is 14.9. The van der Waals surface area contributed by atoms with Crippen molar-refractivity contribution in [3.05, 3.63) is 12.3 Å². The van der Waals surface area contributed by atoms with Crippen molar-refractivity contribution < 1.29 is 0 Å². The smallest absolute Gasteiger partial charge is 0.0562 e. The van der Waals surface area contributed by atoms with Gasteiger partial charge in [-0.25, -0.2) is 0 Å². The van der Waals surface area contributed by atoms with Crippen molar-refractivity contribution in [2.24, 2.45) is 4.99 Å². The molecule has 1 rings (SSSR count). The van der Waals surface area contributed by atoms with Gasteiger partial charge in [-0.05, 0) is 12.3 Å². The molecular formula is C5H8N2. The maximum Gasteiger partial charge on any atom is 0.0562 e. The van der Waals surface area contributed by atoms with Gasteiger partial charge in [-0.2, -0.15) is 0 Å². The van der Waals surface area contributed by atoms with Gasteiger partial charge < -0.3 is 5.32 Å². The number of hydrogen-bond acceptors (Lipinski definition) is 2. The van der Waals surface area contributed by atoms with Crippen LogP contribution in [0.5, 0.6) is 0 Å². The third-order valence-corrected chi connectivity index (χ3v) is 0.791. The van der Waals surface area contributed by atoms with Crippen molar-refractivity contribution in [3.8, 4) is 0 Å². The fourth-order valence-corrected chi connectivity index (χ4v) is 0.459. The molecule has 0 amide bonds. The van der Waals surface area contributed by atoms with E-state index in [1.165, 1.54) is 0 Å². The summed E-state index contributed by atoms with van der Waals surface area (Å²) >= 11 is 0. The molecule has 0 bridgehead atoms. The summed E-state index contributed by atoms with van der Waals surface area (Å²) in [6.45, 7) is 1.86. The first-order chi connectivity index (χ1) is 3.50. The SMILES string of the molecule is C1=CNCCN=C1. The van der Waals surface area contributed by atoms with Gasteiger partial charge >= 0.3 is 0 Å². The first-order valence-electron chi connectivity index (χ1n) is 2.38. The van der Waals surface area contributed by atoms with E-state index in [4.69, 9.17) is 0 Å². The van der Waals surface area contributed by atoms with Crippen molar-refractivity contribution >= 4 is 6.21 Å². The molecule has 0 aliphatic carbocycles. The van der Waals surface area contributed by atoms with Crippen LogP contribution in [0.3, 0.4) is 0 Å². The minimum Gasteiger partial charge on any atom is -0.389 e. The van der Waals surface area contributed by atoms with Crippen molar-refractivity contribution in [3.63, 3.8) is 0 Å². The summed E-state index contributed by atoms with van der Waals surface area (Å²) in [7, 11) is 0. The van der Waals surface area contributed by atoms with E-state index < -0.39 is 0 Å². The van der Waals surface area contributed by atoms with Crippen molar-refractivity contribution in [2.75, 3.05) is 13.1 Å². The van der Waals surface area contributed by atoms with Gasteiger partial charge in [0.05, 0.1) is 6.54 Å². The molecule has 0 aromatic heterocycles. The second-order valence-corrected chi connectivity index (χ2v) is 1.37. The third-order valence-electron chi connectivity index (χ3n) is 0.791. The predicted octanol–water partition coefficient (Wildman–Crippen LogP) is 0.174. The Balaban J connectivity index is 2.39. The minimum atomic E-state index is 0.896. The summed E-state index contributed by atoms with van der Waals surface area (Å²) in [5.41, 5.74) is 0. The molecule has 0 fully saturated rings. The van der Waals surface area contributed by atoms with E-state index >= 15 is 0 Å². The van der Waals surface area contributed by atoms with Crippen LogP contribution in [-0.4, -0.2) is 19.3 Å². The zero-order chi connectivity index (χ0) is 4.95. The Kier molecular flexibility index (Phi) is 1.50. The number of allylic oxidation sites excluding steroid dienone is 1. The van der Waals surface area contributed by atoms with E-state index in [0.717, 1.165) is 13.1 Å². The van der Waals surface area contributed by atoms with Crippen LogP contribution in [0.4, 0.5) is 0 Å². The molecule has 0 aromatic rings. The van der Waals surface area contributed by atoms with Crippen LogP contribution in [0.15, 0.2) is 17.3 Å². The molecule has 1 aliphatic heterocycles. The summed E-state index contributed by atoms with van der Waals surface area (Å²) in [4.78, 5) is 4.00. The molecule has 7 heavy (non-hydrogen) atoms. The molecule has 0 saturated carbocycles. The van der Waals surface area contributed by atoms with Crippen LogP contribution in [-0.2, 0) is 0 Å². The Labute approximate surface area is 42.9 Å². The van der Waals surface area contributed by atoms with Gasteiger partial charge in [0.15, 0.2) is 0 Å². The molecule has 0 atom stereocenters. The molecule has 0 saturated heterocycles. The van der Waals surface area contributed by atoms with Crippen LogP contribution in [0.25, 0.3) is 0 Å². The van der Waals surface area contributed by atoms with E-state index in [2.05, 4.69) is 10.3 Å². The van der Waals surface area contributed by atoms with E-state index in [9.17, 15) is 0 Å². The third kappa shape index (κ3) is 1.39. The van der Waals surface area contributed by atoms with Crippen molar-refractivity contribution in [1.29, 1.82) is 0 Å². The molecule has 0 radical (unpaired) electrons. The average Bonchev–Trinajstić information content (AvgIpc) is 1.90. The van der Waals surface area contributed by atoms with Crippen molar-refractivity contribution in [1.82, 2.24) is 5.32 Å². The van der Waals surface area contributed by atoms with Gasteiger partial charge in [0.1, 0.15) is 0 Å². The average molecular weight is 96.1 g/mol. The second kappa shape index (κ2) is 2.39. The summed E-state index contributed by atoms with van der Waals surface area (Å²) in [6.07, 6.45) is 5.60. The van der Waals surface area contributed by atoms with Crippen LogP contribution in [0.2, 0.25) is 0 Å². The predicted molar refractivity (Wildman–Crippen MR) is 30.5 cm³/mol. The lowest BCUT2D eigenvalue weighted by molar-refractivity contribution is 0.854. The molecule has 0 aromatic carbocycles. The summed E-state index contributed by atoms with van der Waals surface area (Å²) in [6, 6.07) is 0. The number of nitrogens with zero attached hydrogens (tertiary/aromatic N) is 1. The van der Waals surface area contributed by atoms with Gasteiger partial charge in [-0.15, -0.1) is 0 Å². The molecular weight excluding hydrogens is 88.1 g/mol. The van der Waals surface area contributed by atoms with Crippen LogP contribution >= 0.6 is 0 Å². The molecule has 1 heterocycles. The van der Waals surface area contributed by atoms with E-state index in [1.807, 2.05) is 12.3 Å². The van der Waals surface area contributed by atoms with Gasteiger partial charge in [0, 0.05) is 12.8 Å². The fraction of sp³-hybridized carbons (Fsp3) is 0.400. The van der Waals surface area contributed by atoms with Crippen molar-refractivity contribution in [2.45, 2.75) is 0 Å².